The lowest BCUT2D eigenvalue weighted by Crippen LogP contribution is -2.20. The minimum atomic E-state index is -4.41. The number of para-hydroxylation sites is 2. The molecule has 0 unspecified atom stereocenters. The molecule has 0 saturated heterocycles. The van der Waals surface area contributed by atoms with Gasteiger partial charge < -0.3 is 15.0 Å². The summed E-state index contributed by atoms with van der Waals surface area (Å²) >= 11 is 0. The van der Waals surface area contributed by atoms with Gasteiger partial charge in [0.1, 0.15) is 23.7 Å². The molecule has 0 fully saturated rings. The van der Waals surface area contributed by atoms with Gasteiger partial charge in [0.15, 0.2) is 6.61 Å². The highest BCUT2D eigenvalue weighted by Crippen LogP contribution is 2.33. The first kappa shape index (κ1) is 18.4. The number of hydrogen-bond acceptors (Lipinski definition) is 6. The van der Waals surface area contributed by atoms with E-state index in [1.54, 1.807) is 60.7 Å². The first-order chi connectivity index (χ1) is 12.9. The Kier molecular flexibility index (Phi) is 5.39. The average molecular weight is 375 g/mol. The van der Waals surface area contributed by atoms with Crippen LogP contribution >= 0.6 is 0 Å². The lowest BCUT2D eigenvalue weighted by atomic mass is 10.2. The predicted octanol–water partition coefficient (Wildman–Crippen LogP) is 4.32. The van der Waals surface area contributed by atoms with Gasteiger partial charge >= 0.3 is 6.18 Å². The number of anilines is 4. The molecule has 0 saturated carbocycles. The third-order valence-electron chi connectivity index (χ3n) is 3.57. The molecule has 0 aliphatic rings. The second-order valence-corrected chi connectivity index (χ2v) is 5.55. The molecule has 2 aromatic heterocycles. The summed E-state index contributed by atoms with van der Waals surface area (Å²) in [7, 11) is 1.69. The highest BCUT2D eigenvalue weighted by molar-refractivity contribution is 5.68. The van der Waals surface area contributed by atoms with Crippen molar-refractivity contribution in [2.75, 3.05) is 23.9 Å². The number of halogens is 3. The summed E-state index contributed by atoms with van der Waals surface area (Å²) in [6, 6.07) is 11.7. The van der Waals surface area contributed by atoms with Crippen LogP contribution in [0.25, 0.3) is 0 Å². The second-order valence-electron chi connectivity index (χ2n) is 5.55. The van der Waals surface area contributed by atoms with Crippen LogP contribution in [0.15, 0.2) is 61.2 Å². The van der Waals surface area contributed by atoms with Gasteiger partial charge in [0, 0.05) is 31.2 Å². The van der Waals surface area contributed by atoms with E-state index in [9.17, 15) is 13.2 Å². The number of rotatable bonds is 6. The molecule has 3 aromatic rings. The van der Waals surface area contributed by atoms with Gasteiger partial charge in [-0.1, -0.05) is 12.1 Å². The normalized spacial score (nSPS) is 11.1. The molecule has 0 radical (unpaired) electrons. The number of pyridine rings is 1. The first-order valence-electron chi connectivity index (χ1n) is 7.94. The number of hydrogen-bond donors (Lipinski definition) is 1. The Balaban J connectivity index is 1.82. The first-order valence-corrected chi connectivity index (χ1v) is 7.94. The van der Waals surface area contributed by atoms with E-state index in [4.69, 9.17) is 4.74 Å². The van der Waals surface area contributed by atoms with Crippen molar-refractivity contribution in [1.29, 1.82) is 0 Å². The standard InChI is InChI=1S/C18H16F3N5O/c1-26(14-4-2-3-5-15(14)27-11-18(19,20)21)17-10-16(23-12-24-17)25-13-6-8-22-9-7-13/h2-10,12H,11H2,1H3,(H,22,23,24,25). The van der Waals surface area contributed by atoms with Crippen LogP contribution < -0.4 is 15.0 Å². The van der Waals surface area contributed by atoms with Crippen molar-refractivity contribution in [3.63, 3.8) is 0 Å². The maximum absolute atomic E-state index is 12.5. The van der Waals surface area contributed by atoms with E-state index in [0.29, 0.717) is 17.3 Å². The van der Waals surface area contributed by atoms with Gasteiger partial charge in [0.2, 0.25) is 0 Å². The van der Waals surface area contributed by atoms with Crippen LogP contribution in [-0.4, -0.2) is 34.8 Å². The summed E-state index contributed by atoms with van der Waals surface area (Å²) in [6.45, 7) is -1.36. The van der Waals surface area contributed by atoms with Crippen LogP contribution in [0.3, 0.4) is 0 Å². The minimum Gasteiger partial charge on any atom is -0.482 e. The van der Waals surface area contributed by atoms with Crippen molar-refractivity contribution in [1.82, 2.24) is 15.0 Å². The van der Waals surface area contributed by atoms with E-state index in [2.05, 4.69) is 20.3 Å². The minimum absolute atomic E-state index is 0.111. The summed E-state index contributed by atoms with van der Waals surface area (Å²) in [5, 5.41) is 3.11. The molecule has 3 rings (SSSR count). The molecule has 2 heterocycles. The number of ether oxygens (including phenoxy) is 1. The van der Waals surface area contributed by atoms with Gasteiger partial charge in [-0.2, -0.15) is 13.2 Å². The molecule has 9 heteroatoms. The molecular formula is C18H16F3N5O. The molecule has 0 aliphatic heterocycles. The fraction of sp³-hybridized carbons (Fsp3) is 0.167. The zero-order valence-corrected chi connectivity index (χ0v) is 14.3. The molecule has 1 N–H and O–H groups in total. The molecule has 6 nitrogen and oxygen atoms in total. The Morgan fingerprint density at radius 1 is 1.07 bits per heavy atom. The molecular weight excluding hydrogens is 359 g/mol. The summed E-state index contributed by atoms with van der Waals surface area (Å²) < 4.78 is 42.4. The summed E-state index contributed by atoms with van der Waals surface area (Å²) in [5.74, 6) is 1.14. The number of alkyl halides is 3. The van der Waals surface area contributed by atoms with Crippen LogP contribution in [0.1, 0.15) is 0 Å². The van der Waals surface area contributed by atoms with Crippen molar-refractivity contribution in [3.8, 4) is 5.75 Å². The van der Waals surface area contributed by atoms with Crippen LogP contribution in [0, 0.1) is 0 Å². The summed E-state index contributed by atoms with van der Waals surface area (Å²) in [4.78, 5) is 13.9. The molecule has 0 atom stereocenters. The van der Waals surface area contributed by atoms with Crippen molar-refractivity contribution < 1.29 is 17.9 Å². The average Bonchev–Trinajstić information content (AvgIpc) is 2.66. The molecule has 0 bridgehead atoms. The van der Waals surface area contributed by atoms with Gasteiger partial charge in [0.05, 0.1) is 5.69 Å². The molecule has 0 aliphatic carbocycles. The van der Waals surface area contributed by atoms with E-state index < -0.39 is 12.8 Å². The van der Waals surface area contributed by atoms with E-state index in [0.717, 1.165) is 5.69 Å². The number of nitrogens with zero attached hydrogens (tertiary/aromatic N) is 4. The quantitative estimate of drug-likeness (QED) is 0.692. The van der Waals surface area contributed by atoms with E-state index in [1.165, 1.54) is 12.4 Å². The molecule has 0 amide bonds. The van der Waals surface area contributed by atoms with Crippen LogP contribution in [-0.2, 0) is 0 Å². The Hall–Kier alpha value is -3.36. The van der Waals surface area contributed by atoms with Crippen LogP contribution in [0.2, 0.25) is 0 Å². The SMILES string of the molecule is CN(c1cc(Nc2ccncc2)ncn1)c1ccccc1OCC(F)(F)F. The monoisotopic (exact) mass is 375 g/mol. The molecule has 27 heavy (non-hydrogen) atoms. The molecule has 1 aromatic carbocycles. The van der Waals surface area contributed by atoms with Gasteiger partial charge in [-0.05, 0) is 24.3 Å². The second kappa shape index (κ2) is 7.90. The Labute approximate surface area is 153 Å². The number of aromatic nitrogens is 3. The Morgan fingerprint density at radius 3 is 2.56 bits per heavy atom. The van der Waals surface area contributed by atoms with Crippen molar-refractivity contribution in [2.45, 2.75) is 6.18 Å². The van der Waals surface area contributed by atoms with E-state index in [1.807, 2.05) is 0 Å². The van der Waals surface area contributed by atoms with E-state index >= 15 is 0 Å². The third kappa shape index (κ3) is 5.06. The van der Waals surface area contributed by atoms with Crippen molar-refractivity contribution in [3.05, 3.63) is 61.2 Å². The predicted molar refractivity (Wildman–Crippen MR) is 95.6 cm³/mol. The van der Waals surface area contributed by atoms with Gasteiger partial charge in [-0.25, -0.2) is 9.97 Å². The van der Waals surface area contributed by atoms with Gasteiger partial charge in [-0.3, -0.25) is 4.98 Å². The molecule has 0 spiro atoms. The van der Waals surface area contributed by atoms with Crippen molar-refractivity contribution in [2.24, 2.45) is 0 Å². The van der Waals surface area contributed by atoms with E-state index in [-0.39, 0.29) is 5.75 Å². The largest absolute Gasteiger partial charge is 0.482 e. The smallest absolute Gasteiger partial charge is 0.422 e. The number of benzene rings is 1. The Bertz CT molecular complexity index is 889. The van der Waals surface area contributed by atoms with Gasteiger partial charge in [-0.15, -0.1) is 0 Å². The van der Waals surface area contributed by atoms with Gasteiger partial charge in [0.25, 0.3) is 0 Å². The maximum atomic E-state index is 12.5. The fourth-order valence-corrected chi connectivity index (χ4v) is 2.32. The maximum Gasteiger partial charge on any atom is 0.422 e. The fourth-order valence-electron chi connectivity index (χ4n) is 2.32. The topological polar surface area (TPSA) is 63.2 Å². The lowest BCUT2D eigenvalue weighted by Gasteiger charge is -2.22. The van der Waals surface area contributed by atoms with Crippen molar-refractivity contribution >= 4 is 23.0 Å². The van der Waals surface area contributed by atoms with Crippen LogP contribution in [0.4, 0.5) is 36.2 Å². The zero-order chi connectivity index (χ0) is 19.3. The molecule has 140 valence electrons. The Morgan fingerprint density at radius 2 is 1.81 bits per heavy atom. The third-order valence-corrected chi connectivity index (χ3v) is 3.57. The zero-order valence-electron chi connectivity index (χ0n) is 14.3. The summed E-state index contributed by atoms with van der Waals surface area (Å²) in [5.41, 5.74) is 1.25. The number of nitrogens with one attached hydrogen (secondary N) is 1. The summed E-state index contributed by atoms with van der Waals surface area (Å²) in [6.07, 6.45) is 0.242. The highest BCUT2D eigenvalue weighted by Gasteiger charge is 2.29. The highest BCUT2D eigenvalue weighted by atomic mass is 19.4. The lowest BCUT2D eigenvalue weighted by molar-refractivity contribution is -0.153. The van der Waals surface area contributed by atoms with Crippen LogP contribution in [0.5, 0.6) is 5.75 Å².